The quantitative estimate of drug-likeness (QED) is 0.173. The first-order valence-electron chi connectivity index (χ1n) is 18.2. The molecule has 12 aromatic rings. The lowest BCUT2D eigenvalue weighted by molar-refractivity contribution is 0.669. The highest BCUT2D eigenvalue weighted by Crippen LogP contribution is 2.43. The third-order valence-corrected chi connectivity index (χ3v) is 11.1. The Morgan fingerprint density at radius 3 is 1.26 bits per heavy atom. The van der Waals surface area contributed by atoms with Crippen LogP contribution in [0.2, 0.25) is 0 Å². The predicted molar refractivity (Wildman–Crippen MR) is 223 cm³/mol. The van der Waals surface area contributed by atoms with Gasteiger partial charge in [0.05, 0.1) is 11.0 Å². The number of benzene rings is 8. The van der Waals surface area contributed by atoms with Crippen LogP contribution < -0.4 is 0 Å². The van der Waals surface area contributed by atoms with Crippen molar-refractivity contribution in [1.82, 2.24) is 9.97 Å². The van der Waals surface area contributed by atoms with Gasteiger partial charge in [-0.05, 0) is 69.4 Å². The number of fused-ring (bicyclic) bond motifs is 12. The average Bonchev–Trinajstić information content (AvgIpc) is 3.81. The number of para-hydroxylation sites is 2. The summed E-state index contributed by atoms with van der Waals surface area (Å²) in [5.74, 6) is 0. The summed E-state index contributed by atoms with van der Waals surface area (Å²) in [6, 6.07) is 55.7. The van der Waals surface area contributed by atoms with Gasteiger partial charge >= 0.3 is 0 Å². The average molecular weight is 689 g/mol. The molecule has 0 aliphatic rings. The number of nitrogens with zero attached hydrogens (tertiary/aromatic N) is 2. The molecule has 4 nitrogen and oxygen atoms in total. The maximum Gasteiger partial charge on any atom is 0.143 e. The van der Waals surface area contributed by atoms with Crippen molar-refractivity contribution in [3.05, 3.63) is 170 Å². The molecule has 8 aromatic carbocycles. The zero-order chi connectivity index (χ0) is 35.3. The summed E-state index contributed by atoms with van der Waals surface area (Å²) in [7, 11) is 0. The molecule has 0 fully saturated rings. The van der Waals surface area contributed by atoms with Crippen molar-refractivity contribution in [2.75, 3.05) is 0 Å². The summed E-state index contributed by atoms with van der Waals surface area (Å²) in [5.41, 5.74) is 12.1. The zero-order valence-corrected chi connectivity index (χ0v) is 28.9. The highest BCUT2D eigenvalue weighted by Gasteiger charge is 2.19. The van der Waals surface area contributed by atoms with E-state index in [0.29, 0.717) is 0 Å². The number of pyridine rings is 2. The van der Waals surface area contributed by atoms with E-state index in [2.05, 4.69) is 146 Å². The first kappa shape index (κ1) is 29.3. The van der Waals surface area contributed by atoms with Gasteiger partial charge in [-0.25, -0.2) is 0 Å². The molecule has 0 aliphatic carbocycles. The molecule has 0 N–H and O–H groups in total. The Morgan fingerprint density at radius 1 is 0.333 bits per heavy atom. The van der Waals surface area contributed by atoms with Crippen LogP contribution in [-0.4, -0.2) is 9.97 Å². The van der Waals surface area contributed by atoms with Crippen molar-refractivity contribution in [3.8, 4) is 33.4 Å². The highest BCUT2D eigenvalue weighted by molar-refractivity contribution is 6.19. The Balaban J connectivity index is 1.01. The van der Waals surface area contributed by atoms with E-state index in [9.17, 15) is 0 Å². The smallest absolute Gasteiger partial charge is 0.143 e. The molecule has 0 radical (unpaired) electrons. The fourth-order valence-corrected chi connectivity index (χ4v) is 8.66. The Hall–Kier alpha value is -7.30. The molecule has 250 valence electrons. The minimum Gasteiger partial charge on any atom is -0.455 e. The van der Waals surface area contributed by atoms with E-state index in [0.717, 1.165) is 121 Å². The SMILES string of the molecule is c1cnc2c(c1)ccc1cccc(-c3cccc4c3oc3ccc(-c5ccc6oc7c(-c8cccc9ccc%10cccnc%10c89)cccc7c6c5)cc34)c12. The number of hydrogen-bond acceptors (Lipinski definition) is 4. The van der Waals surface area contributed by atoms with Gasteiger partial charge in [0.1, 0.15) is 22.3 Å². The highest BCUT2D eigenvalue weighted by atomic mass is 16.3. The number of aromatic nitrogens is 2. The lowest BCUT2D eigenvalue weighted by Crippen LogP contribution is -1.86. The van der Waals surface area contributed by atoms with Crippen molar-refractivity contribution in [2.45, 2.75) is 0 Å². The number of furan rings is 2. The van der Waals surface area contributed by atoms with E-state index < -0.39 is 0 Å². The molecular weight excluding hydrogens is 661 g/mol. The van der Waals surface area contributed by atoms with Gasteiger partial charge in [-0.1, -0.05) is 121 Å². The van der Waals surface area contributed by atoms with Crippen molar-refractivity contribution < 1.29 is 8.83 Å². The molecule has 4 aromatic heterocycles. The summed E-state index contributed by atoms with van der Waals surface area (Å²) in [5, 5.41) is 11.2. The van der Waals surface area contributed by atoms with E-state index in [4.69, 9.17) is 18.8 Å². The molecule has 4 heterocycles. The van der Waals surface area contributed by atoms with E-state index in [1.807, 2.05) is 24.5 Å². The second-order valence-corrected chi connectivity index (χ2v) is 14.1. The topological polar surface area (TPSA) is 52.1 Å². The second-order valence-electron chi connectivity index (χ2n) is 14.1. The maximum absolute atomic E-state index is 6.68. The van der Waals surface area contributed by atoms with Crippen molar-refractivity contribution >= 4 is 87.2 Å². The van der Waals surface area contributed by atoms with Crippen LogP contribution in [-0.2, 0) is 0 Å². The van der Waals surface area contributed by atoms with E-state index in [1.54, 1.807) is 0 Å². The molecular formula is C50H28N2O2. The van der Waals surface area contributed by atoms with Crippen LogP contribution in [0.5, 0.6) is 0 Å². The lowest BCUT2D eigenvalue weighted by Gasteiger charge is -2.10. The Morgan fingerprint density at radius 2 is 0.759 bits per heavy atom. The molecule has 0 amide bonds. The van der Waals surface area contributed by atoms with Crippen molar-refractivity contribution in [2.24, 2.45) is 0 Å². The lowest BCUT2D eigenvalue weighted by atomic mass is 9.94. The largest absolute Gasteiger partial charge is 0.455 e. The summed E-state index contributed by atoms with van der Waals surface area (Å²) in [6.07, 6.45) is 3.74. The third kappa shape index (κ3) is 4.19. The van der Waals surface area contributed by atoms with Gasteiger partial charge in [-0.15, -0.1) is 0 Å². The van der Waals surface area contributed by atoms with Crippen LogP contribution in [0.25, 0.3) is 121 Å². The molecule has 0 bridgehead atoms. The van der Waals surface area contributed by atoms with Crippen molar-refractivity contribution in [3.63, 3.8) is 0 Å². The molecule has 12 rings (SSSR count). The normalized spacial score (nSPS) is 12.1. The molecule has 0 saturated heterocycles. The first-order chi connectivity index (χ1) is 26.8. The van der Waals surface area contributed by atoms with E-state index in [1.165, 1.54) is 0 Å². The van der Waals surface area contributed by atoms with Crippen LogP contribution in [0.1, 0.15) is 0 Å². The molecule has 0 aliphatic heterocycles. The van der Waals surface area contributed by atoms with Gasteiger partial charge in [0.25, 0.3) is 0 Å². The van der Waals surface area contributed by atoms with Gasteiger partial charge in [-0.3, -0.25) is 9.97 Å². The van der Waals surface area contributed by atoms with E-state index in [-0.39, 0.29) is 0 Å². The maximum atomic E-state index is 6.68. The summed E-state index contributed by atoms with van der Waals surface area (Å²) >= 11 is 0. The third-order valence-electron chi connectivity index (χ3n) is 11.1. The van der Waals surface area contributed by atoms with Crippen LogP contribution >= 0.6 is 0 Å². The Labute approximate surface area is 308 Å². The molecule has 0 spiro atoms. The van der Waals surface area contributed by atoms with Gasteiger partial charge < -0.3 is 8.83 Å². The Bertz CT molecular complexity index is 3280. The number of hydrogen-bond donors (Lipinski definition) is 0. The van der Waals surface area contributed by atoms with Gasteiger partial charge in [0.2, 0.25) is 0 Å². The predicted octanol–water partition coefficient (Wildman–Crippen LogP) is 13.9. The first-order valence-corrected chi connectivity index (χ1v) is 18.2. The molecule has 0 atom stereocenters. The number of rotatable bonds is 3. The second kappa shape index (κ2) is 11.1. The van der Waals surface area contributed by atoms with E-state index >= 15 is 0 Å². The van der Waals surface area contributed by atoms with Crippen LogP contribution in [0.15, 0.2) is 179 Å². The fraction of sp³-hybridized carbons (Fsp3) is 0. The fourth-order valence-electron chi connectivity index (χ4n) is 8.66. The van der Waals surface area contributed by atoms with Gasteiger partial charge in [-0.2, -0.15) is 0 Å². The van der Waals surface area contributed by atoms with Gasteiger partial charge in [0, 0.05) is 66.6 Å². The van der Waals surface area contributed by atoms with Crippen LogP contribution in [0.3, 0.4) is 0 Å². The standard InChI is InChI=1S/C50H28N2O2/c1-7-29-17-19-31-9-5-25-51-47(31)45(29)35(11-1)37-13-3-15-39-41-27-33(21-23-43(41)53-49(37)39)34-22-24-44-42(28-34)40-16-4-14-38(50(40)54-44)36-12-2-8-30-18-20-32-10-6-26-52-48(32)46(30)36/h1-28H. The minimum atomic E-state index is 0.862. The monoisotopic (exact) mass is 688 g/mol. The molecule has 54 heavy (non-hydrogen) atoms. The van der Waals surface area contributed by atoms with Crippen LogP contribution in [0, 0.1) is 0 Å². The molecule has 0 saturated carbocycles. The van der Waals surface area contributed by atoms with Gasteiger partial charge in [0.15, 0.2) is 0 Å². The summed E-state index contributed by atoms with van der Waals surface area (Å²) in [4.78, 5) is 9.61. The summed E-state index contributed by atoms with van der Waals surface area (Å²) in [6.45, 7) is 0. The summed E-state index contributed by atoms with van der Waals surface area (Å²) < 4.78 is 13.4. The van der Waals surface area contributed by atoms with Crippen molar-refractivity contribution in [1.29, 1.82) is 0 Å². The minimum absolute atomic E-state index is 0.862. The molecule has 4 heteroatoms. The molecule has 0 unspecified atom stereocenters. The van der Waals surface area contributed by atoms with Crippen LogP contribution in [0.4, 0.5) is 0 Å². The Kier molecular flexibility index (Phi) is 6.02. The zero-order valence-electron chi connectivity index (χ0n) is 28.9.